The Morgan fingerprint density at radius 3 is 2.25 bits per heavy atom. The molecule has 2 aromatic rings. The second-order valence-electron chi connectivity index (χ2n) is 6.16. The zero-order chi connectivity index (χ0) is 17.2. The maximum atomic E-state index is 12.8. The number of amides is 1. The van der Waals surface area contributed by atoms with Crippen molar-refractivity contribution < 1.29 is 14.3 Å². The Balaban J connectivity index is 1.81. The van der Waals surface area contributed by atoms with Crippen molar-refractivity contribution in [3.05, 3.63) is 53.6 Å². The summed E-state index contributed by atoms with van der Waals surface area (Å²) in [6.07, 6.45) is 2.69. The summed E-state index contributed by atoms with van der Waals surface area (Å²) in [5.41, 5.74) is 2.61. The van der Waals surface area contributed by atoms with Crippen molar-refractivity contribution in [3.63, 3.8) is 0 Å². The van der Waals surface area contributed by atoms with Crippen LogP contribution in [0.5, 0.6) is 11.5 Å². The molecule has 1 fully saturated rings. The van der Waals surface area contributed by atoms with Crippen molar-refractivity contribution in [3.8, 4) is 11.5 Å². The molecule has 0 aromatic heterocycles. The van der Waals surface area contributed by atoms with Gasteiger partial charge in [0.1, 0.15) is 0 Å². The number of aryl methyl sites for hydroxylation is 1. The summed E-state index contributed by atoms with van der Waals surface area (Å²) in [5.74, 6) is 1.37. The molecule has 1 N–H and O–H groups in total. The van der Waals surface area contributed by atoms with E-state index in [-0.39, 0.29) is 5.91 Å². The van der Waals surface area contributed by atoms with E-state index < -0.39 is 5.41 Å². The summed E-state index contributed by atoms with van der Waals surface area (Å²) in [6.45, 7) is 2.11. The van der Waals surface area contributed by atoms with Crippen LogP contribution < -0.4 is 14.8 Å². The highest BCUT2D eigenvalue weighted by molar-refractivity contribution is 6.01. The molecule has 4 nitrogen and oxygen atoms in total. The molecule has 1 aliphatic carbocycles. The van der Waals surface area contributed by atoms with Gasteiger partial charge in [-0.3, -0.25) is 4.79 Å². The van der Waals surface area contributed by atoms with Crippen molar-refractivity contribution in [2.45, 2.75) is 31.6 Å². The maximum Gasteiger partial charge on any atom is 0.235 e. The van der Waals surface area contributed by atoms with Gasteiger partial charge in [-0.05, 0) is 54.7 Å². The second-order valence-corrected chi connectivity index (χ2v) is 6.16. The molecule has 126 valence electrons. The molecule has 1 amide bonds. The molecule has 0 atom stereocenters. The lowest BCUT2D eigenvalue weighted by Gasteiger charge is -2.18. The standard InChI is InChI=1S/C20H23NO3/c1-4-14-5-8-16(9-6-14)21-19(22)20(11-12-20)15-7-10-17(23-2)18(13-15)24-3/h5-10,13H,4,11-12H2,1-3H3,(H,21,22). The quantitative estimate of drug-likeness (QED) is 0.875. The third-order valence-corrected chi connectivity index (χ3v) is 4.74. The summed E-state index contributed by atoms with van der Waals surface area (Å²) in [7, 11) is 3.22. The third kappa shape index (κ3) is 2.96. The monoisotopic (exact) mass is 325 g/mol. The van der Waals surface area contributed by atoms with Crippen LogP contribution in [0.4, 0.5) is 5.69 Å². The number of nitrogens with one attached hydrogen (secondary N) is 1. The Morgan fingerprint density at radius 2 is 1.71 bits per heavy atom. The van der Waals surface area contributed by atoms with E-state index in [0.29, 0.717) is 11.5 Å². The van der Waals surface area contributed by atoms with Gasteiger partial charge in [0.25, 0.3) is 0 Å². The first-order chi connectivity index (χ1) is 11.6. The van der Waals surface area contributed by atoms with Crippen LogP contribution in [0.3, 0.4) is 0 Å². The van der Waals surface area contributed by atoms with Gasteiger partial charge < -0.3 is 14.8 Å². The van der Waals surface area contributed by atoms with E-state index in [1.807, 2.05) is 42.5 Å². The average Bonchev–Trinajstić information content (AvgIpc) is 3.43. The molecule has 1 aliphatic rings. The zero-order valence-corrected chi connectivity index (χ0v) is 14.4. The lowest BCUT2D eigenvalue weighted by atomic mass is 9.94. The minimum absolute atomic E-state index is 0.0407. The fraction of sp³-hybridized carbons (Fsp3) is 0.350. The first-order valence-corrected chi connectivity index (χ1v) is 8.26. The fourth-order valence-electron chi connectivity index (χ4n) is 2.98. The molecule has 0 unspecified atom stereocenters. The first kappa shape index (κ1) is 16.4. The number of benzene rings is 2. The number of carbonyl (C=O) groups excluding carboxylic acids is 1. The predicted molar refractivity (Wildman–Crippen MR) is 94.9 cm³/mol. The first-order valence-electron chi connectivity index (χ1n) is 8.26. The van der Waals surface area contributed by atoms with E-state index in [2.05, 4.69) is 12.2 Å². The molecule has 0 heterocycles. The van der Waals surface area contributed by atoms with Crippen LogP contribution in [-0.4, -0.2) is 20.1 Å². The van der Waals surface area contributed by atoms with E-state index in [0.717, 1.165) is 30.5 Å². The number of hydrogen-bond acceptors (Lipinski definition) is 3. The lowest BCUT2D eigenvalue weighted by molar-refractivity contribution is -0.118. The molecular formula is C20H23NO3. The van der Waals surface area contributed by atoms with Gasteiger partial charge in [-0.2, -0.15) is 0 Å². The number of anilines is 1. The van der Waals surface area contributed by atoms with Gasteiger partial charge in [-0.15, -0.1) is 0 Å². The Bertz CT molecular complexity index is 733. The molecule has 0 saturated heterocycles. The van der Waals surface area contributed by atoms with E-state index >= 15 is 0 Å². The maximum absolute atomic E-state index is 12.8. The fourth-order valence-corrected chi connectivity index (χ4v) is 2.98. The van der Waals surface area contributed by atoms with Gasteiger partial charge in [0.2, 0.25) is 5.91 Å². The zero-order valence-electron chi connectivity index (χ0n) is 14.4. The Kier molecular flexibility index (Phi) is 4.47. The minimum atomic E-state index is -0.455. The van der Waals surface area contributed by atoms with Crippen LogP contribution in [0.1, 0.15) is 30.9 Å². The summed E-state index contributed by atoms with van der Waals surface area (Å²) < 4.78 is 10.6. The predicted octanol–water partition coefficient (Wildman–Crippen LogP) is 3.94. The number of methoxy groups -OCH3 is 2. The minimum Gasteiger partial charge on any atom is -0.493 e. The van der Waals surface area contributed by atoms with Crippen molar-refractivity contribution in [1.82, 2.24) is 0 Å². The Morgan fingerprint density at radius 1 is 1.04 bits per heavy atom. The normalized spacial score (nSPS) is 14.8. The smallest absolute Gasteiger partial charge is 0.235 e. The lowest BCUT2D eigenvalue weighted by Crippen LogP contribution is -2.27. The summed E-state index contributed by atoms with van der Waals surface area (Å²) in [6, 6.07) is 13.7. The average molecular weight is 325 g/mol. The second kappa shape index (κ2) is 6.56. The van der Waals surface area contributed by atoms with Crippen molar-refractivity contribution in [1.29, 1.82) is 0 Å². The highest BCUT2D eigenvalue weighted by Gasteiger charge is 2.51. The van der Waals surface area contributed by atoms with E-state index in [9.17, 15) is 4.79 Å². The van der Waals surface area contributed by atoms with Crippen molar-refractivity contribution >= 4 is 11.6 Å². The van der Waals surface area contributed by atoms with Crippen LogP contribution in [0.15, 0.2) is 42.5 Å². The van der Waals surface area contributed by atoms with Gasteiger partial charge in [0.05, 0.1) is 19.6 Å². The van der Waals surface area contributed by atoms with Crippen LogP contribution in [0.25, 0.3) is 0 Å². The van der Waals surface area contributed by atoms with Gasteiger partial charge in [0, 0.05) is 5.69 Å². The molecule has 0 spiro atoms. The number of hydrogen-bond donors (Lipinski definition) is 1. The SMILES string of the molecule is CCc1ccc(NC(=O)C2(c3ccc(OC)c(OC)c3)CC2)cc1. The molecule has 2 aromatic carbocycles. The van der Waals surface area contributed by atoms with Crippen molar-refractivity contribution in [2.75, 3.05) is 19.5 Å². The molecular weight excluding hydrogens is 302 g/mol. The van der Waals surface area contributed by atoms with Crippen molar-refractivity contribution in [2.24, 2.45) is 0 Å². The summed E-state index contributed by atoms with van der Waals surface area (Å²) >= 11 is 0. The molecule has 0 aliphatic heterocycles. The highest BCUT2D eigenvalue weighted by Crippen LogP contribution is 2.50. The third-order valence-electron chi connectivity index (χ3n) is 4.74. The highest BCUT2D eigenvalue weighted by atomic mass is 16.5. The molecule has 0 bridgehead atoms. The van der Waals surface area contributed by atoms with E-state index in [1.165, 1.54) is 5.56 Å². The molecule has 0 radical (unpaired) electrons. The summed E-state index contributed by atoms with van der Waals surface area (Å²) in [5, 5.41) is 3.05. The number of ether oxygens (including phenoxy) is 2. The Hall–Kier alpha value is -2.49. The summed E-state index contributed by atoms with van der Waals surface area (Å²) in [4.78, 5) is 12.8. The molecule has 4 heteroatoms. The van der Waals surface area contributed by atoms with Gasteiger partial charge in [-0.25, -0.2) is 0 Å². The van der Waals surface area contributed by atoms with Gasteiger partial charge >= 0.3 is 0 Å². The van der Waals surface area contributed by atoms with E-state index in [1.54, 1.807) is 14.2 Å². The van der Waals surface area contributed by atoms with Gasteiger partial charge in [-0.1, -0.05) is 25.1 Å². The van der Waals surface area contributed by atoms with Gasteiger partial charge in [0.15, 0.2) is 11.5 Å². The van der Waals surface area contributed by atoms with Crippen LogP contribution in [0, 0.1) is 0 Å². The topological polar surface area (TPSA) is 47.6 Å². The van der Waals surface area contributed by atoms with E-state index in [4.69, 9.17) is 9.47 Å². The molecule has 1 saturated carbocycles. The van der Waals surface area contributed by atoms with Crippen LogP contribution in [0.2, 0.25) is 0 Å². The Labute approximate surface area is 142 Å². The molecule has 24 heavy (non-hydrogen) atoms. The molecule has 3 rings (SSSR count). The number of carbonyl (C=O) groups is 1. The largest absolute Gasteiger partial charge is 0.493 e. The van der Waals surface area contributed by atoms with Crippen LogP contribution in [-0.2, 0) is 16.6 Å². The number of rotatable bonds is 6. The van der Waals surface area contributed by atoms with Crippen LogP contribution >= 0.6 is 0 Å².